The second-order valence-corrected chi connectivity index (χ2v) is 5.41. The van der Waals surface area contributed by atoms with Gasteiger partial charge in [-0.15, -0.1) is 0 Å². The van der Waals surface area contributed by atoms with Crippen LogP contribution in [0.4, 0.5) is 0 Å². The molecule has 0 saturated heterocycles. The summed E-state index contributed by atoms with van der Waals surface area (Å²) in [4.78, 5) is 4.35. The van der Waals surface area contributed by atoms with E-state index in [1.54, 1.807) is 0 Å². The molecular formula is C16H26N2O. The predicted molar refractivity (Wildman–Crippen MR) is 78.6 cm³/mol. The van der Waals surface area contributed by atoms with Gasteiger partial charge >= 0.3 is 0 Å². The first-order valence-electron chi connectivity index (χ1n) is 7.63. The van der Waals surface area contributed by atoms with E-state index in [-0.39, 0.29) is 0 Å². The highest BCUT2D eigenvalue weighted by atomic mass is 16.5. The van der Waals surface area contributed by atoms with E-state index in [4.69, 9.17) is 4.74 Å². The molecule has 1 N–H and O–H groups in total. The van der Waals surface area contributed by atoms with Gasteiger partial charge in [-0.1, -0.05) is 20.3 Å². The molecule has 1 aliphatic rings. The Hall–Kier alpha value is -1.09. The van der Waals surface area contributed by atoms with E-state index in [0.29, 0.717) is 5.92 Å². The van der Waals surface area contributed by atoms with E-state index in [1.807, 2.05) is 12.4 Å². The molecule has 0 spiro atoms. The van der Waals surface area contributed by atoms with Gasteiger partial charge in [0.05, 0.1) is 12.8 Å². The average molecular weight is 262 g/mol. The number of nitrogens with one attached hydrogen (secondary N) is 1. The lowest BCUT2D eigenvalue weighted by Crippen LogP contribution is -2.24. The normalized spacial score (nSPS) is 22.6. The molecule has 1 aromatic heterocycles. The molecule has 3 nitrogen and oxygen atoms in total. The first kappa shape index (κ1) is 14.3. The molecular weight excluding hydrogens is 236 g/mol. The van der Waals surface area contributed by atoms with Crippen LogP contribution in [0, 0.1) is 5.92 Å². The third-order valence-corrected chi connectivity index (χ3v) is 3.95. The molecule has 0 amide bonds. The van der Waals surface area contributed by atoms with E-state index in [9.17, 15) is 0 Å². The van der Waals surface area contributed by atoms with Crippen molar-refractivity contribution in [2.24, 2.45) is 5.92 Å². The van der Waals surface area contributed by atoms with Crippen LogP contribution in [0.15, 0.2) is 18.5 Å². The van der Waals surface area contributed by atoms with E-state index in [2.05, 4.69) is 30.2 Å². The summed E-state index contributed by atoms with van der Waals surface area (Å²) in [6.07, 6.45) is 8.84. The van der Waals surface area contributed by atoms with E-state index < -0.39 is 0 Å². The molecule has 2 unspecified atom stereocenters. The van der Waals surface area contributed by atoms with Gasteiger partial charge in [-0.2, -0.15) is 0 Å². The topological polar surface area (TPSA) is 34.1 Å². The monoisotopic (exact) mass is 262 g/mol. The number of rotatable bonds is 7. The van der Waals surface area contributed by atoms with Gasteiger partial charge in [0, 0.05) is 6.20 Å². The van der Waals surface area contributed by atoms with Crippen LogP contribution in [0.3, 0.4) is 0 Å². The highest BCUT2D eigenvalue weighted by Crippen LogP contribution is 2.39. The number of pyridine rings is 1. The van der Waals surface area contributed by atoms with Gasteiger partial charge in [0.1, 0.15) is 5.75 Å². The van der Waals surface area contributed by atoms with Crippen LogP contribution in [0.5, 0.6) is 5.75 Å². The van der Waals surface area contributed by atoms with E-state index in [1.165, 1.54) is 24.8 Å². The van der Waals surface area contributed by atoms with E-state index in [0.717, 1.165) is 37.8 Å². The maximum absolute atomic E-state index is 5.69. The molecule has 1 aliphatic carbocycles. The number of hydrogen-bond donors (Lipinski definition) is 1. The molecule has 106 valence electrons. The first-order valence-corrected chi connectivity index (χ1v) is 7.63. The number of hydrogen-bond acceptors (Lipinski definition) is 3. The molecule has 2 atom stereocenters. The first-order chi connectivity index (χ1) is 9.35. The number of nitrogens with zero attached hydrogens (tertiary/aromatic N) is 1. The zero-order valence-corrected chi connectivity index (χ0v) is 12.2. The summed E-state index contributed by atoms with van der Waals surface area (Å²) in [7, 11) is 0. The largest absolute Gasteiger partial charge is 0.492 e. The van der Waals surface area contributed by atoms with Crippen LogP contribution in [-0.4, -0.2) is 24.7 Å². The summed E-state index contributed by atoms with van der Waals surface area (Å²) in [5, 5.41) is 3.49. The van der Waals surface area contributed by atoms with Gasteiger partial charge in [-0.05, 0) is 55.8 Å². The zero-order chi connectivity index (χ0) is 13.5. The number of aromatic nitrogens is 1. The van der Waals surface area contributed by atoms with Crippen molar-refractivity contribution >= 4 is 0 Å². The van der Waals surface area contributed by atoms with Gasteiger partial charge in [-0.3, -0.25) is 4.98 Å². The van der Waals surface area contributed by atoms with Crippen LogP contribution >= 0.6 is 0 Å². The SMILES string of the molecule is CCCOc1cncc(C2CCCC2CNCC)c1. The van der Waals surface area contributed by atoms with Crippen LogP contribution in [-0.2, 0) is 0 Å². The molecule has 1 saturated carbocycles. The van der Waals surface area contributed by atoms with Gasteiger partial charge < -0.3 is 10.1 Å². The highest BCUT2D eigenvalue weighted by Gasteiger charge is 2.28. The molecule has 0 aromatic carbocycles. The smallest absolute Gasteiger partial charge is 0.137 e. The summed E-state index contributed by atoms with van der Waals surface area (Å²) in [6, 6.07) is 2.19. The minimum absolute atomic E-state index is 0.650. The lowest BCUT2D eigenvalue weighted by molar-refractivity contribution is 0.315. The summed E-state index contributed by atoms with van der Waals surface area (Å²) < 4.78 is 5.69. The Morgan fingerprint density at radius 3 is 3.00 bits per heavy atom. The van der Waals surface area contributed by atoms with Gasteiger partial charge in [0.15, 0.2) is 0 Å². The van der Waals surface area contributed by atoms with Crippen LogP contribution < -0.4 is 10.1 Å². The number of ether oxygens (including phenoxy) is 1. The summed E-state index contributed by atoms with van der Waals surface area (Å²) in [5.74, 6) is 2.33. The molecule has 0 aliphatic heterocycles. The van der Waals surface area contributed by atoms with Crippen LogP contribution in [0.25, 0.3) is 0 Å². The Labute approximate surface area is 116 Å². The fourth-order valence-corrected chi connectivity index (χ4v) is 2.99. The third-order valence-electron chi connectivity index (χ3n) is 3.95. The van der Waals surface area contributed by atoms with Crippen molar-refractivity contribution < 1.29 is 4.74 Å². The molecule has 0 radical (unpaired) electrons. The maximum atomic E-state index is 5.69. The minimum atomic E-state index is 0.650. The summed E-state index contributed by atoms with van der Waals surface area (Å²) >= 11 is 0. The zero-order valence-electron chi connectivity index (χ0n) is 12.2. The maximum Gasteiger partial charge on any atom is 0.137 e. The molecule has 0 bridgehead atoms. The molecule has 19 heavy (non-hydrogen) atoms. The molecule has 1 fully saturated rings. The molecule has 2 rings (SSSR count). The Kier molecular flexibility index (Phi) is 5.64. The van der Waals surface area contributed by atoms with Gasteiger partial charge in [0.25, 0.3) is 0 Å². The highest BCUT2D eigenvalue weighted by molar-refractivity contribution is 5.27. The van der Waals surface area contributed by atoms with Crippen molar-refractivity contribution in [3.63, 3.8) is 0 Å². The summed E-state index contributed by atoms with van der Waals surface area (Å²) in [6.45, 7) is 7.25. The summed E-state index contributed by atoms with van der Waals surface area (Å²) in [5.41, 5.74) is 1.36. The minimum Gasteiger partial charge on any atom is -0.492 e. The lowest BCUT2D eigenvalue weighted by Gasteiger charge is -2.20. The van der Waals surface area contributed by atoms with Crippen molar-refractivity contribution in [1.29, 1.82) is 0 Å². The quantitative estimate of drug-likeness (QED) is 0.818. The lowest BCUT2D eigenvalue weighted by atomic mass is 9.90. The van der Waals surface area contributed by atoms with Crippen LogP contribution in [0.2, 0.25) is 0 Å². The van der Waals surface area contributed by atoms with Crippen molar-refractivity contribution in [1.82, 2.24) is 10.3 Å². The van der Waals surface area contributed by atoms with Crippen molar-refractivity contribution in [3.05, 3.63) is 24.0 Å². The third kappa shape index (κ3) is 3.93. The standard InChI is InChI=1S/C16H26N2O/c1-3-8-19-15-9-14(11-18-12-15)16-7-5-6-13(16)10-17-4-2/h9,11-13,16-17H,3-8,10H2,1-2H3. The van der Waals surface area contributed by atoms with Crippen molar-refractivity contribution in [3.8, 4) is 5.75 Å². The fraction of sp³-hybridized carbons (Fsp3) is 0.688. The van der Waals surface area contributed by atoms with Gasteiger partial charge in [0.2, 0.25) is 0 Å². The van der Waals surface area contributed by atoms with Crippen molar-refractivity contribution in [2.75, 3.05) is 19.7 Å². The van der Waals surface area contributed by atoms with Gasteiger partial charge in [-0.25, -0.2) is 0 Å². The van der Waals surface area contributed by atoms with Crippen molar-refractivity contribution in [2.45, 2.75) is 45.4 Å². The molecule has 3 heteroatoms. The molecule has 1 heterocycles. The second kappa shape index (κ2) is 7.49. The Morgan fingerprint density at radius 2 is 2.21 bits per heavy atom. The van der Waals surface area contributed by atoms with E-state index >= 15 is 0 Å². The predicted octanol–water partition coefficient (Wildman–Crippen LogP) is 3.36. The second-order valence-electron chi connectivity index (χ2n) is 5.41. The fourth-order valence-electron chi connectivity index (χ4n) is 2.99. The van der Waals surface area contributed by atoms with Crippen LogP contribution in [0.1, 0.15) is 51.0 Å². The Morgan fingerprint density at radius 1 is 1.32 bits per heavy atom. The Bertz CT molecular complexity index is 381. The average Bonchev–Trinajstić information content (AvgIpc) is 2.91. The molecule has 1 aromatic rings. The Balaban J connectivity index is 2.03.